The van der Waals surface area contributed by atoms with Crippen LogP contribution >= 0.6 is 15.9 Å². The van der Waals surface area contributed by atoms with Crippen LogP contribution in [-0.4, -0.2) is 17.9 Å². The van der Waals surface area contributed by atoms with Gasteiger partial charge in [0.25, 0.3) is 5.91 Å². The molecule has 0 aliphatic heterocycles. The summed E-state index contributed by atoms with van der Waals surface area (Å²) in [5.41, 5.74) is 1.01. The molecule has 0 unspecified atom stereocenters. The molecule has 20 heavy (non-hydrogen) atoms. The fraction of sp³-hybridized carbons (Fsp3) is 0.143. The van der Waals surface area contributed by atoms with Gasteiger partial charge in [-0.05, 0) is 40.2 Å². The van der Waals surface area contributed by atoms with Crippen molar-refractivity contribution < 1.29 is 13.6 Å². The Morgan fingerprint density at radius 2 is 2.25 bits per heavy atom. The van der Waals surface area contributed by atoms with Gasteiger partial charge in [0.1, 0.15) is 5.82 Å². The summed E-state index contributed by atoms with van der Waals surface area (Å²) < 4.78 is 19.0. The first-order chi connectivity index (χ1) is 9.52. The molecule has 1 heterocycles. The third kappa shape index (κ3) is 2.89. The van der Waals surface area contributed by atoms with Gasteiger partial charge in [-0.3, -0.25) is 4.79 Å². The first-order valence-corrected chi connectivity index (χ1v) is 6.49. The number of rotatable bonds is 3. The van der Waals surface area contributed by atoms with Crippen LogP contribution in [0.4, 0.5) is 4.39 Å². The van der Waals surface area contributed by atoms with Gasteiger partial charge in [-0.1, -0.05) is 0 Å². The van der Waals surface area contributed by atoms with E-state index < -0.39 is 5.82 Å². The third-order valence-electron chi connectivity index (χ3n) is 2.78. The molecule has 4 nitrogen and oxygen atoms in total. The van der Waals surface area contributed by atoms with Crippen LogP contribution in [0.2, 0.25) is 0 Å². The van der Waals surface area contributed by atoms with Crippen molar-refractivity contribution in [2.75, 3.05) is 7.05 Å². The highest BCUT2D eigenvalue weighted by molar-refractivity contribution is 9.10. The zero-order chi connectivity index (χ0) is 14.7. The Hall–Kier alpha value is -2.13. The molecule has 0 aliphatic carbocycles. The van der Waals surface area contributed by atoms with Crippen molar-refractivity contribution in [3.63, 3.8) is 0 Å². The number of benzene rings is 1. The van der Waals surface area contributed by atoms with Gasteiger partial charge >= 0.3 is 0 Å². The second-order valence-electron chi connectivity index (χ2n) is 4.19. The lowest BCUT2D eigenvalue weighted by atomic mass is 10.1. The molecule has 2 aromatic rings. The van der Waals surface area contributed by atoms with E-state index in [1.54, 1.807) is 7.05 Å². The van der Waals surface area contributed by atoms with Crippen LogP contribution in [0.25, 0.3) is 0 Å². The molecule has 0 N–H and O–H groups in total. The van der Waals surface area contributed by atoms with Crippen LogP contribution in [0.3, 0.4) is 0 Å². The maximum atomic E-state index is 13.7. The van der Waals surface area contributed by atoms with E-state index in [9.17, 15) is 9.18 Å². The fourth-order valence-electron chi connectivity index (χ4n) is 1.74. The summed E-state index contributed by atoms with van der Waals surface area (Å²) >= 11 is 3.13. The molecule has 6 heteroatoms. The van der Waals surface area contributed by atoms with E-state index in [1.807, 2.05) is 6.07 Å². The maximum absolute atomic E-state index is 13.7. The summed E-state index contributed by atoms with van der Waals surface area (Å²) in [4.78, 5) is 13.5. The first kappa shape index (κ1) is 14.3. The average molecular weight is 337 g/mol. The Morgan fingerprint density at radius 1 is 1.50 bits per heavy atom. The predicted molar refractivity (Wildman–Crippen MR) is 73.3 cm³/mol. The molecule has 0 fully saturated rings. The number of amides is 1. The van der Waals surface area contributed by atoms with Crippen molar-refractivity contribution in [2.45, 2.75) is 6.54 Å². The van der Waals surface area contributed by atoms with E-state index in [2.05, 4.69) is 15.9 Å². The smallest absolute Gasteiger partial charge is 0.258 e. The lowest BCUT2D eigenvalue weighted by Gasteiger charge is -2.17. The second-order valence-corrected chi connectivity index (χ2v) is 4.91. The number of halogens is 2. The van der Waals surface area contributed by atoms with E-state index in [1.165, 1.54) is 35.4 Å². The molecule has 0 bridgehead atoms. The molecule has 0 saturated carbocycles. The summed E-state index contributed by atoms with van der Waals surface area (Å²) in [5.74, 6) is -0.748. The van der Waals surface area contributed by atoms with Gasteiger partial charge in [0.2, 0.25) is 0 Å². The minimum absolute atomic E-state index is 0.0673. The molecule has 1 amide bonds. The number of hydrogen-bond donors (Lipinski definition) is 0. The van der Waals surface area contributed by atoms with E-state index >= 15 is 0 Å². The van der Waals surface area contributed by atoms with Crippen LogP contribution in [0.5, 0.6) is 0 Å². The SMILES string of the molecule is CN(Cc1cc(C#N)ccc1F)C(=O)c1ccoc1Br. The number of nitrogens with zero attached hydrogens (tertiary/aromatic N) is 2. The number of hydrogen-bond acceptors (Lipinski definition) is 3. The van der Waals surface area contributed by atoms with Gasteiger partial charge in [-0.2, -0.15) is 5.26 Å². The highest BCUT2D eigenvalue weighted by Gasteiger charge is 2.18. The third-order valence-corrected chi connectivity index (χ3v) is 3.39. The van der Waals surface area contributed by atoms with Crippen LogP contribution in [0.1, 0.15) is 21.5 Å². The number of furan rings is 1. The predicted octanol–water partition coefficient (Wildman–Crippen LogP) is 3.33. The molecule has 0 atom stereocenters. The maximum Gasteiger partial charge on any atom is 0.258 e. The summed E-state index contributed by atoms with van der Waals surface area (Å²) in [7, 11) is 1.56. The van der Waals surface area contributed by atoms with Crippen molar-refractivity contribution in [3.05, 3.63) is 57.7 Å². The van der Waals surface area contributed by atoms with Gasteiger partial charge in [0.15, 0.2) is 4.67 Å². The van der Waals surface area contributed by atoms with E-state index in [0.29, 0.717) is 21.4 Å². The molecule has 1 aromatic carbocycles. The van der Waals surface area contributed by atoms with Crippen molar-refractivity contribution in [2.24, 2.45) is 0 Å². The monoisotopic (exact) mass is 336 g/mol. The number of nitriles is 1. The fourth-order valence-corrected chi connectivity index (χ4v) is 2.15. The molecule has 0 spiro atoms. The van der Waals surface area contributed by atoms with E-state index in [0.717, 1.165) is 0 Å². The molecular weight excluding hydrogens is 327 g/mol. The second kappa shape index (κ2) is 5.88. The van der Waals surface area contributed by atoms with Gasteiger partial charge in [0.05, 0.1) is 23.5 Å². The van der Waals surface area contributed by atoms with Crippen LogP contribution in [0, 0.1) is 17.1 Å². The van der Waals surface area contributed by atoms with E-state index in [-0.39, 0.29) is 12.5 Å². The average Bonchev–Trinajstić information content (AvgIpc) is 2.86. The topological polar surface area (TPSA) is 57.2 Å². The molecule has 0 radical (unpaired) electrons. The summed E-state index contributed by atoms with van der Waals surface area (Å²) in [6.45, 7) is 0.0673. The quantitative estimate of drug-likeness (QED) is 0.863. The van der Waals surface area contributed by atoms with Gasteiger partial charge in [-0.15, -0.1) is 0 Å². The summed E-state index contributed by atoms with van der Waals surface area (Å²) in [5, 5.41) is 8.81. The number of carbonyl (C=O) groups is 1. The van der Waals surface area contributed by atoms with Crippen molar-refractivity contribution >= 4 is 21.8 Å². The van der Waals surface area contributed by atoms with Gasteiger partial charge in [0, 0.05) is 19.2 Å². The normalized spacial score (nSPS) is 10.1. The minimum atomic E-state index is -0.449. The largest absolute Gasteiger partial charge is 0.457 e. The highest BCUT2D eigenvalue weighted by atomic mass is 79.9. The molecule has 1 aromatic heterocycles. The minimum Gasteiger partial charge on any atom is -0.457 e. The highest BCUT2D eigenvalue weighted by Crippen LogP contribution is 2.20. The molecular formula is C14H10BrFN2O2. The Bertz CT molecular complexity index is 691. The Kier molecular flexibility index (Phi) is 4.20. The summed E-state index contributed by atoms with van der Waals surface area (Å²) in [6, 6.07) is 7.53. The molecule has 0 aliphatic rings. The van der Waals surface area contributed by atoms with Gasteiger partial charge < -0.3 is 9.32 Å². The lowest BCUT2D eigenvalue weighted by molar-refractivity contribution is 0.0782. The standard InChI is InChI=1S/C14H10BrFN2O2/c1-18(14(19)11-4-5-20-13(11)15)8-10-6-9(7-17)2-3-12(10)16/h2-6H,8H2,1H3. The van der Waals surface area contributed by atoms with Crippen LogP contribution in [0.15, 0.2) is 39.6 Å². The molecule has 0 saturated heterocycles. The van der Waals surface area contributed by atoms with Gasteiger partial charge in [-0.25, -0.2) is 4.39 Å². The van der Waals surface area contributed by atoms with Crippen LogP contribution in [-0.2, 0) is 6.54 Å². The first-order valence-electron chi connectivity index (χ1n) is 5.70. The Morgan fingerprint density at radius 3 is 2.85 bits per heavy atom. The lowest BCUT2D eigenvalue weighted by Crippen LogP contribution is -2.26. The van der Waals surface area contributed by atoms with Crippen molar-refractivity contribution in [1.29, 1.82) is 5.26 Å². The Balaban J connectivity index is 2.20. The zero-order valence-corrected chi connectivity index (χ0v) is 12.1. The Labute approximate surface area is 123 Å². The summed E-state index contributed by atoms with van der Waals surface area (Å²) in [6.07, 6.45) is 1.39. The molecule has 2 rings (SSSR count). The molecule has 102 valence electrons. The van der Waals surface area contributed by atoms with Crippen molar-refractivity contribution in [1.82, 2.24) is 4.90 Å². The van der Waals surface area contributed by atoms with Crippen LogP contribution < -0.4 is 0 Å². The van der Waals surface area contributed by atoms with Crippen molar-refractivity contribution in [3.8, 4) is 6.07 Å². The number of carbonyl (C=O) groups excluding carboxylic acids is 1. The van der Waals surface area contributed by atoms with E-state index in [4.69, 9.17) is 9.68 Å². The zero-order valence-electron chi connectivity index (χ0n) is 10.6.